The van der Waals surface area contributed by atoms with Crippen LogP contribution in [0.2, 0.25) is 0 Å². The zero-order valence-electron chi connectivity index (χ0n) is 19.2. The lowest BCUT2D eigenvalue weighted by atomic mass is 10.1. The quantitative estimate of drug-likeness (QED) is 0.396. The molecule has 1 aromatic heterocycles. The highest BCUT2D eigenvalue weighted by Gasteiger charge is 2.15. The lowest BCUT2D eigenvalue weighted by Crippen LogP contribution is -2.40. The van der Waals surface area contributed by atoms with Crippen molar-refractivity contribution in [3.05, 3.63) is 80.9 Å². The molecule has 0 spiro atoms. The Morgan fingerprint density at radius 3 is 2.50 bits per heavy atom. The lowest BCUT2D eigenvalue weighted by Gasteiger charge is -2.26. The highest BCUT2D eigenvalue weighted by Crippen LogP contribution is 2.19. The van der Waals surface area contributed by atoms with Crippen LogP contribution in [-0.2, 0) is 13.1 Å². The van der Waals surface area contributed by atoms with Crippen molar-refractivity contribution in [3.63, 3.8) is 0 Å². The monoisotopic (exact) mass is 454 g/mol. The Morgan fingerprint density at radius 2 is 1.81 bits per heavy atom. The summed E-state index contributed by atoms with van der Waals surface area (Å²) in [7, 11) is 4.07. The van der Waals surface area contributed by atoms with Crippen molar-refractivity contribution < 1.29 is 4.39 Å². The molecule has 0 aliphatic carbocycles. The lowest BCUT2D eigenvalue weighted by molar-refractivity contribution is 0.383. The molecule has 0 saturated carbocycles. The van der Waals surface area contributed by atoms with E-state index >= 15 is 0 Å². The Balaban J connectivity index is 1.85. The number of halogens is 1. The Kier molecular flexibility index (Phi) is 7.99. The first-order chi connectivity index (χ1) is 15.2. The molecule has 0 saturated heterocycles. The van der Waals surface area contributed by atoms with Crippen molar-refractivity contribution in [1.29, 1.82) is 0 Å². The number of H-pyrrole nitrogens is 1. The first kappa shape index (κ1) is 23.9. The van der Waals surface area contributed by atoms with Crippen LogP contribution in [0, 0.1) is 19.7 Å². The van der Waals surface area contributed by atoms with Gasteiger partial charge in [-0.05, 0) is 93.9 Å². The van der Waals surface area contributed by atoms with Crippen molar-refractivity contribution in [2.24, 2.45) is 0 Å². The largest absolute Gasteiger partial charge is 0.363 e. The molecule has 2 N–H and O–H groups in total. The van der Waals surface area contributed by atoms with Crippen LogP contribution < -0.4 is 10.9 Å². The average Bonchev–Trinajstić information content (AvgIpc) is 2.73. The fraction of sp³-hybridized carbons (Fsp3) is 0.360. The van der Waals surface area contributed by atoms with Gasteiger partial charge >= 0.3 is 0 Å². The van der Waals surface area contributed by atoms with Gasteiger partial charge in [0.2, 0.25) is 0 Å². The molecule has 0 aliphatic rings. The molecule has 5 nitrogen and oxygen atoms in total. The highest BCUT2D eigenvalue weighted by molar-refractivity contribution is 7.80. The van der Waals surface area contributed by atoms with E-state index in [4.69, 9.17) is 12.2 Å². The van der Waals surface area contributed by atoms with E-state index in [-0.39, 0.29) is 11.4 Å². The van der Waals surface area contributed by atoms with Gasteiger partial charge in [-0.15, -0.1) is 0 Å². The van der Waals surface area contributed by atoms with Crippen molar-refractivity contribution >= 4 is 28.2 Å². The van der Waals surface area contributed by atoms with Crippen LogP contribution in [0.3, 0.4) is 0 Å². The molecule has 1 heterocycles. The fourth-order valence-corrected chi connectivity index (χ4v) is 4.00. The number of nitrogens with one attached hydrogen (secondary N) is 2. The highest BCUT2D eigenvalue weighted by atomic mass is 32.1. The number of rotatable bonds is 8. The Bertz CT molecular complexity index is 1140. The molecular weight excluding hydrogens is 423 g/mol. The summed E-state index contributed by atoms with van der Waals surface area (Å²) in [6, 6.07) is 12.4. The maximum atomic E-state index is 13.4. The van der Waals surface area contributed by atoms with Gasteiger partial charge in [-0.2, -0.15) is 0 Å². The second-order valence-electron chi connectivity index (χ2n) is 8.54. The minimum Gasteiger partial charge on any atom is -0.363 e. The van der Waals surface area contributed by atoms with Gasteiger partial charge in [0, 0.05) is 18.7 Å². The zero-order valence-corrected chi connectivity index (χ0v) is 20.0. The van der Waals surface area contributed by atoms with Crippen LogP contribution >= 0.6 is 12.2 Å². The molecule has 0 atom stereocenters. The normalized spacial score (nSPS) is 11.2. The van der Waals surface area contributed by atoms with E-state index in [9.17, 15) is 9.18 Å². The summed E-state index contributed by atoms with van der Waals surface area (Å²) in [5.74, 6) is -0.276. The van der Waals surface area contributed by atoms with Gasteiger partial charge in [-0.3, -0.25) is 4.79 Å². The molecule has 0 unspecified atom stereocenters. The number of aryl methyl sites for hydroxylation is 2. The summed E-state index contributed by atoms with van der Waals surface area (Å²) in [5.41, 5.74) is 4.50. The summed E-state index contributed by atoms with van der Waals surface area (Å²) < 4.78 is 13.4. The smallest absolute Gasteiger partial charge is 0.253 e. The van der Waals surface area contributed by atoms with E-state index in [2.05, 4.69) is 27.3 Å². The molecule has 32 heavy (non-hydrogen) atoms. The van der Waals surface area contributed by atoms with E-state index in [1.165, 1.54) is 12.1 Å². The number of thiocarbonyl (C=S) groups is 1. The minimum absolute atomic E-state index is 0.121. The molecule has 0 amide bonds. The van der Waals surface area contributed by atoms with E-state index in [0.29, 0.717) is 23.8 Å². The maximum Gasteiger partial charge on any atom is 0.253 e. The fourth-order valence-electron chi connectivity index (χ4n) is 3.77. The second kappa shape index (κ2) is 10.7. The van der Waals surface area contributed by atoms with Crippen LogP contribution in [-0.4, -0.2) is 47.1 Å². The van der Waals surface area contributed by atoms with Crippen LogP contribution in [0.15, 0.2) is 47.3 Å². The van der Waals surface area contributed by atoms with E-state index < -0.39 is 0 Å². The number of pyridine rings is 1. The third kappa shape index (κ3) is 6.37. The van der Waals surface area contributed by atoms with Crippen molar-refractivity contribution in [2.75, 3.05) is 27.2 Å². The van der Waals surface area contributed by atoms with Gasteiger partial charge in [0.15, 0.2) is 5.11 Å². The van der Waals surface area contributed by atoms with Crippen LogP contribution in [0.5, 0.6) is 0 Å². The number of aromatic amines is 1. The Hall–Kier alpha value is -2.77. The standard InChI is InChI=1S/C25H31FN4OS/c1-17-12-18(2)23-20(13-17)14-21(24(31)28-23)16-30(15-19-6-8-22(26)9-7-19)25(32)27-10-5-11-29(3)4/h6-9,12-14H,5,10-11,15-16H2,1-4H3,(H,27,32)(H,28,31). The number of benzene rings is 2. The molecule has 170 valence electrons. The van der Waals surface area contributed by atoms with Crippen LogP contribution in [0.4, 0.5) is 4.39 Å². The topological polar surface area (TPSA) is 51.4 Å². The summed E-state index contributed by atoms with van der Waals surface area (Å²) >= 11 is 5.67. The predicted octanol–water partition coefficient (Wildman–Crippen LogP) is 4.11. The summed E-state index contributed by atoms with van der Waals surface area (Å²) in [6.45, 7) is 6.57. The molecule has 7 heteroatoms. The third-order valence-electron chi connectivity index (χ3n) is 5.36. The van der Waals surface area contributed by atoms with Gasteiger partial charge in [-0.25, -0.2) is 4.39 Å². The number of aromatic nitrogens is 1. The molecule has 0 bridgehead atoms. The number of fused-ring (bicyclic) bond motifs is 1. The van der Waals surface area contributed by atoms with Gasteiger partial charge in [-0.1, -0.05) is 23.8 Å². The van der Waals surface area contributed by atoms with Crippen LogP contribution in [0.1, 0.15) is 28.7 Å². The molecule has 3 aromatic rings. The first-order valence-corrected chi connectivity index (χ1v) is 11.2. The van der Waals surface area contributed by atoms with Crippen molar-refractivity contribution in [2.45, 2.75) is 33.4 Å². The Morgan fingerprint density at radius 1 is 1.09 bits per heavy atom. The first-order valence-electron chi connectivity index (χ1n) is 10.8. The number of hydrogen-bond donors (Lipinski definition) is 2. The van der Waals surface area contributed by atoms with Gasteiger partial charge < -0.3 is 20.1 Å². The second-order valence-corrected chi connectivity index (χ2v) is 8.93. The summed E-state index contributed by atoms with van der Waals surface area (Å²) in [4.78, 5) is 20.0. The predicted molar refractivity (Wildman–Crippen MR) is 133 cm³/mol. The maximum absolute atomic E-state index is 13.4. The van der Waals surface area contributed by atoms with Gasteiger partial charge in [0.1, 0.15) is 5.82 Å². The molecular formula is C25H31FN4OS. The average molecular weight is 455 g/mol. The molecule has 0 radical (unpaired) electrons. The summed E-state index contributed by atoms with van der Waals surface area (Å²) in [5, 5.41) is 4.89. The SMILES string of the molecule is Cc1cc(C)c2[nH]c(=O)c(CN(Cc3ccc(F)cc3)C(=S)NCCCN(C)C)cc2c1. The van der Waals surface area contributed by atoms with E-state index in [1.54, 1.807) is 12.1 Å². The van der Waals surface area contributed by atoms with E-state index in [1.807, 2.05) is 38.9 Å². The molecule has 3 rings (SSSR count). The third-order valence-corrected chi connectivity index (χ3v) is 5.77. The van der Waals surface area contributed by atoms with Crippen molar-refractivity contribution in [1.82, 2.24) is 20.1 Å². The zero-order chi connectivity index (χ0) is 23.3. The summed E-state index contributed by atoms with van der Waals surface area (Å²) in [6.07, 6.45) is 0.951. The molecule has 0 fully saturated rings. The van der Waals surface area contributed by atoms with E-state index in [0.717, 1.165) is 47.1 Å². The van der Waals surface area contributed by atoms with Gasteiger partial charge in [0.05, 0.1) is 12.1 Å². The molecule has 2 aromatic carbocycles. The van der Waals surface area contributed by atoms with Crippen molar-refractivity contribution in [3.8, 4) is 0 Å². The minimum atomic E-state index is -0.276. The number of nitrogens with zero attached hydrogens (tertiary/aromatic N) is 2. The number of hydrogen-bond acceptors (Lipinski definition) is 3. The van der Waals surface area contributed by atoms with Crippen LogP contribution in [0.25, 0.3) is 10.9 Å². The molecule has 0 aliphatic heterocycles. The Labute approximate surface area is 194 Å². The van der Waals surface area contributed by atoms with Gasteiger partial charge in [0.25, 0.3) is 5.56 Å².